The van der Waals surface area contributed by atoms with Crippen molar-refractivity contribution in [3.8, 4) is 0 Å². The maximum atomic E-state index is 3.57. The summed E-state index contributed by atoms with van der Waals surface area (Å²) in [7, 11) is 0. The van der Waals surface area contributed by atoms with E-state index in [9.17, 15) is 0 Å². The second-order valence-corrected chi connectivity index (χ2v) is 6.52. The molecule has 2 saturated heterocycles. The number of rotatable bonds is 3. The zero-order chi connectivity index (χ0) is 11.6. The number of hydrogen-bond donors (Lipinski definition) is 1. The fourth-order valence-corrected chi connectivity index (χ4v) is 3.55. The predicted octanol–water partition coefficient (Wildman–Crippen LogP) is 2.50. The van der Waals surface area contributed by atoms with E-state index in [4.69, 9.17) is 0 Å². The maximum absolute atomic E-state index is 3.57. The molecule has 2 aliphatic heterocycles. The van der Waals surface area contributed by atoms with Gasteiger partial charge in [-0.1, -0.05) is 20.8 Å². The summed E-state index contributed by atoms with van der Waals surface area (Å²) in [5.74, 6) is 0.822. The van der Waals surface area contributed by atoms with Crippen molar-refractivity contribution in [2.45, 2.75) is 52.5 Å². The van der Waals surface area contributed by atoms with Crippen molar-refractivity contribution in [2.75, 3.05) is 26.2 Å². The fourth-order valence-electron chi connectivity index (χ4n) is 3.55. The molecule has 2 nitrogen and oxygen atoms in total. The second-order valence-electron chi connectivity index (χ2n) is 6.52. The molecule has 2 heterocycles. The summed E-state index contributed by atoms with van der Waals surface area (Å²) in [6, 6.07) is 0.846. The molecule has 0 aromatic carbocycles. The lowest BCUT2D eigenvalue weighted by atomic mass is 9.82. The predicted molar refractivity (Wildman–Crippen MR) is 69.6 cm³/mol. The van der Waals surface area contributed by atoms with Gasteiger partial charge in [-0.3, -0.25) is 4.90 Å². The summed E-state index contributed by atoms with van der Waals surface area (Å²) < 4.78 is 0. The van der Waals surface area contributed by atoms with Crippen molar-refractivity contribution < 1.29 is 0 Å². The highest BCUT2D eigenvalue weighted by atomic mass is 15.2. The van der Waals surface area contributed by atoms with E-state index in [2.05, 4.69) is 31.0 Å². The average molecular weight is 224 g/mol. The van der Waals surface area contributed by atoms with Gasteiger partial charge in [-0.25, -0.2) is 0 Å². The third-order valence-corrected chi connectivity index (χ3v) is 4.45. The summed E-state index contributed by atoms with van der Waals surface area (Å²) >= 11 is 0. The van der Waals surface area contributed by atoms with E-state index in [0.717, 1.165) is 12.0 Å². The largest absolute Gasteiger partial charge is 0.316 e. The second kappa shape index (κ2) is 5.05. The summed E-state index contributed by atoms with van der Waals surface area (Å²) in [5.41, 5.74) is 0.524. The lowest BCUT2D eigenvalue weighted by Gasteiger charge is -2.40. The van der Waals surface area contributed by atoms with E-state index in [0.29, 0.717) is 5.41 Å². The smallest absolute Gasteiger partial charge is 0.0119 e. The molecule has 0 radical (unpaired) electrons. The van der Waals surface area contributed by atoms with E-state index in [1.54, 1.807) is 0 Å². The van der Waals surface area contributed by atoms with Crippen LogP contribution in [0.25, 0.3) is 0 Å². The molecule has 2 atom stereocenters. The highest BCUT2D eigenvalue weighted by molar-refractivity contribution is 4.89. The van der Waals surface area contributed by atoms with Gasteiger partial charge in [0.2, 0.25) is 0 Å². The lowest BCUT2D eigenvalue weighted by Crippen LogP contribution is -2.48. The van der Waals surface area contributed by atoms with E-state index in [1.807, 2.05) is 0 Å². The number of piperidine rings is 1. The number of hydrogen-bond acceptors (Lipinski definition) is 2. The molecule has 94 valence electrons. The van der Waals surface area contributed by atoms with Gasteiger partial charge in [-0.2, -0.15) is 0 Å². The molecule has 1 N–H and O–H groups in total. The normalized spacial score (nSPS) is 37.1. The molecule has 2 fully saturated rings. The van der Waals surface area contributed by atoms with Crippen LogP contribution in [0, 0.1) is 11.3 Å². The first-order chi connectivity index (χ1) is 7.61. The van der Waals surface area contributed by atoms with Crippen LogP contribution in [0.15, 0.2) is 0 Å². The van der Waals surface area contributed by atoms with E-state index in [1.165, 1.54) is 51.9 Å². The molecule has 2 heteroatoms. The Balaban J connectivity index is 1.92. The minimum atomic E-state index is 0.524. The summed E-state index contributed by atoms with van der Waals surface area (Å²) in [4.78, 5) is 2.76. The molecule has 0 amide bonds. The Hall–Kier alpha value is -0.0800. The Labute approximate surface area is 101 Å². The zero-order valence-electron chi connectivity index (χ0n) is 11.3. The van der Waals surface area contributed by atoms with Crippen LogP contribution in [-0.4, -0.2) is 37.1 Å². The highest BCUT2D eigenvalue weighted by Crippen LogP contribution is 2.31. The molecule has 0 bridgehead atoms. The molecule has 0 aromatic heterocycles. The first-order valence-corrected chi connectivity index (χ1v) is 7.05. The van der Waals surface area contributed by atoms with E-state index >= 15 is 0 Å². The highest BCUT2D eigenvalue weighted by Gasteiger charge is 2.34. The van der Waals surface area contributed by atoms with Gasteiger partial charge in [-0.05, 0) is 50.1 Å². The van der Waals surface area contributed by atoms with Gasteiger partial charge in [0.05, 0.1) is 0 Å². The first kappa shape index (κ1) is 12.4. The number of nitrogens with one attached hydrogen (secondary N) is 1. The molecular formula is C14H28N2. The monoisotopic (exact) mass is 224 g/mol. The van der Waals surface area contributed by atoms with Crippen LogP contribution in [0.2, 0.25) is 0 Å². The Kier molecular flexibility index (Phi) is 3.91. The molecule has 0 spiro atoms. The third-order valence-electron chi connectivity index (χ3n) is 4.45. The topological polar surface area (TPSA) is 15.3 Å². The van der Waals surface area contributed by atoms with Gasteiger partial charge >= 0.3 is 0 Å². The van der Waals surface area contributed by atoms with Crippen molar-refractivity contribution in [1.82, 2.24) is 10.2 Å². The third kappa shape index (κ3) is 2.78. The van der Waals surface area contributed by atoms with Crippen LogP contribution in [0.4, 0.5) is 0 Å². The summed E-state index contributed by atoms with van der Waals surface area (Å²) in [6.45, 7) is 12.3. The van der Waals surface area contributed by atoms with Crippen LogP contribution in [0.5, 0.6) is 0 Å². The molecule has 0 aliphatic carbocycles. The fraction of sp³-hybridized carbons (Fsp3) is 1.00. The zero-order valence-corrected chi connectivity index (χ0v) is 11.3. The number of nitrogens with zero attached hydrogens (tertiary/aromatic N) is 1. The summed E-state index contributed by atoms with van der Waals surface area (Å²) in [6.07, 6.45) is 5.59. The minimum Gasteiger partial charge on any atom is -0.316 e. The van der Waals surface area contributed by atoms with Crippen LogP contribution in [0.3, 0.4) is 0 Å². The standard InChI is InChI=1S/C14H28N2/c1-12(2)13-6-4-9-16(13)11-14(3)7-5-8-15-10-14/h12-13,15H,4-11H2,1-3H3. The van der Waals surface area contributed by atoms with E-state index in [-0.39, 0.29) is 0 Å². The van der Waals surface area contributed by atoms with Gasteiger partial charge in [0, 0.05) is 19.1 Å². The van der Waals surface area contributed by atoms with Crippen molar-refractivity contribution in [2.24, 2.45) is 11.3 Å². The Bertz CT molecular complexity index is 219. The SMILES string of the molecule is CC(C)C1CCCN1CC1(C)CCCNC1. The van der Waals surface area contributed by atoms with Crippen molar-refractivity contribution in [1.29, 1.82) is 0 Å². The van der Waals surface area contributed by atoms with Gasteiger partial charge in [0.15, 0.2) is 0 Å². The number of likely N-dealkylation sites (tertiary alicyclic amines) is 1. The average Bonchev–Trinajstić information content (AvgIpc) is 2.66. The van der Waals surface area contributed by atoms with Crippen LogP contribution >= 0.6 is 0 Å². The molecule has 0 saturated carbocycles. The first-order valence-electron chi connectivity index (χ1n) is 7.05. The molecule has 2 aliphatic rings. The Morgan fingerprint density at radius 3 is 2.81 bits per heavy atom. The molecule has 0 aromatic rings. The molecule has 2 rings (SSSR count). The van der Waals surface area contributed by atoms with Gasteiger partial charge in [-0.15, -0.1) is 0 Å². The van der Waals surface area contributed by atoms with Crippen LogP contribution < -0.4 is 5.32 Å². The molecule has 2 unspecified atom stereocenters. The Morgan fingerprint density at radius 1 is 1.38 bits per heavy atom. The Morgan fingerprint density at radius 2 is 2.19 bits per heavy atom. The van der Waals surface area contributed by atoms with Crippen molar-refractivity contribution in [3.63, 3.8) is 0 Å². The summed E-state index contributed by atoms with van der Waals surface area (Å²) in [5, 5.41) is 3.57. The van der Waals surface area contributed by atoms with Gasteiger partial charge < -0.3 is 5.32 Å². The van der Waals surface area contributed by atoms with Crippen molar-refractivity contribution in [3.05, 3.63) is 0 Å². The maximum Gasteiger partial charge on any atom is 0.0119 e. The van der Waals surface area contributed by atoms with E-state index < -0.39 is 0 Å². The molecule has 16 heavy (non-hydrogen) atoms. The van der Waals surface area contributed by atoms with Crippen molar-refractivity contribution >= 4 is 0 Å². The van der Waals surface area contributed by atoms with Gasteiger partial charge in [0.25, 0.3) is 0 Å². The quantitative estimate of drug-likeness (QED) is 0.792. The lowest BCUT2D eigenvalue weighted by molar-refractivity contribution is 0.107. The minimum absolute atomic E-state index is 0.524. The van der Waals surface area contributed by atoms with Crippen LogP contribution in [0.1, 0.15) is 46.5 Å². The van der Waals surface area contributed by atoms with Gasteiger partial charge in [0.1, 0.15) is 0 Å². The molecular weight excluding hydrogens is 196 g/mol. The van der Waals surface area contributed by atoms with Crippen LogP contribution in [-0.2, 0) is 0 Å².